The van der Waals surface area contributed by atoms with Crippen molar-refractivity contribution < 1.29 is 0 Å². The van der Waals surface area contributed by atoms with Gasteiger partial charge in [0.1, 0.15) is 5.69 Å². The quantitative estimate of drug-likeness (QED) is 0.742. The van der Waals surface area contributed by atoms with Gasteiger partial charge in [-0.1, -0.05) is 12.1 Å². The van der Waals surface area contributed by atoms with E-state index in [1.54, 1.807) is 6.20 Å². The second-order valence-corrected chi connectivity index (χ2v) is 4.74. The molecule has 0 aliphatic heterocycles. The van der Waals surface area contributed by atoms with E-state index in [2.05, 4.69) is 43.9 Å². The minimum Gasteiger partial charge on any atom is -0.337 e. The van der Waals surface area contributed by atoms with Gasteiger partial charge >= 0.3 is 0 Å². The zero-order valence-corrected chi connectivity index (χ0v) is 10.8. The smallest absolute Gasteiger partial charge is 0.158 e. The normalized spacial score (nSPS) is 10.9. The third-order valence-corrected chi connectivity index (χ3v) is 3.34. The topological polar surface area (TPSA) is 41.6 Å². The van der Waals surface area contributed by atoms with Crippen LogP contribution in [-0.2, 0) is 0 Å². The molecule has 0 bridgehead atoms. The molecule has 1 aromatic carbocycles. The molecular weight excluding hydrogens is 278 g/mol. The van der Waals surface area contributed by atoms with Gasteiger partial charge in [-0.3, -0.25) is 4.98 Å². The molecular formula is C13H10BrN3. The Morgan fingerprint density at radius 1 is 1.18 bits per heavy atom. The van der Waals surface area contributed by atoms with E-state index in [4.69, 9.17) is 0 Å². The van der Waals surface area contributed by atoms with Crippen molar-refractivity contribution in [2.24, 2.45) is 0 Å². The summed E-state index contributed by atoms with van der Waals surface area (Å²) in [6, 6.07) is 9.95. The Morgan fingerprint density at radius 3 is 2.82 bits per heavy atom. The summed E-state index contributed by atoms with van der Waals surface area (Å²) in [5, 5.41) is 0. The molecule has 0 unspecified atom stereocenters. The average molecular weight is 288 g/mol. The van der Waals surface area contributed by atoms with E-state index in [9.17, 15) is 0 Å². The molecule has 4 heteroatoms. The molecule has 3 aromatic rings. The molecule has 1 N–H and O–H groups in total. The third kappa shape index (κ3) is 1.74. The van der Waals surface area contributed by atoms with E-state index in [-0.39, 0.29) is 0 Å². The number of imidazole rings is 1. The number of benzene rings is 1. The molecule has 0 aliphatic rings. The van der Waals surface area contributed by atoms with Gasteiger partial charge in [0, 0.05) is 10.7 Å². The van der Waals surface area contributed by atoms with Gasteiger partial charge in [-0.15, -0.1) is 0 Å². The van der Waals surface area contributed by atoms with Crippen molar-refractivity contribution in [1.82, 2.24) is 15.0 Å². The predicted octanol–water partition coefficient (Wildman–Crippen LogP) is 3.70. The van der Waals surface area contributed by atoms with E-state index in [1.165, 1.54) is 0 Å². The molecule has 0 saturated carbocycles. The second-order valence-electron chi connectivity index (χ2n) is 3.89. The number of para-hydroxylation sites is 1. The first-order valence-electron chi connectivity index (χ1n) is 5.32. The molecule has 3 rings (SSSR count). The fourth-order valence-electron chi connectivity index (χ4n) is 1.85. The summed E-state index contributed by atoms with van der Waals surface area (Å²) in [7, 11) is 0. The van der Waals surface area contributed by atoms with Crippen LogP contribution >= 0.6 is 15.9 Å². The number of halogens is 1. The molecule has 0 atom stereocenters. The summed E-state index contributed by atoms with van der Waals surface area (Å²) in [5.74, 6) is 0.793. The van der Waals surface area contributed by atoms with Gasteiger partial charge in [-0.2, -0.15) is 0 Å². The standard InChI is InChI=1S/C13H10BrN3/c1-8-4-2-6-10-11(8)17-13(16-10)12-9(14)5-3-7-15-12/h2-7H,1H3,(H,16,17). The Balaban J connectivity index is 2.26. The van der Waals surface area contributed by atoms with Crippen molar-refractivity contribution in [1.29, 1.82) is 0 Å². The summed E-state index contributed by atoms with van der Waals surface area (Å²) < 4.78 is 0.941. The lowest BCUT2D eigenvalue weighted by Crippen LogP contribution is -1.86. The summed E-state index contributed by atoms with van der Waals surface area (Å²) in [5.41, 5.74) is 4.04. The van der Waals surface area contributed by atoms with Crippen LogP contribution in [0.25, 0.3) is 22.6 Å². The Bertz CT molecular complexity index is 688. The van der Waals surface area contributed by atoms with Crippen molar-refractivity contribution in [2.45, 2.75) is 6.92 Å². The highest BCUT2D eigenvalue weighted by Gasteiger charge is 2.10. The molecule has 2 aromatic heterocycles. The lowest BCUT2D eigenvalue weighted by Gasteiger charge is -1.97. The van der Waals surface area contributed by atoms with Crippen molar-refractivity contribution in [3.63, 3.8) is 0 Å². The lowest BCUT2D eigenvalue weighted by molar-refractivity contribution is 1.22. The highest BCUT2D eigenvalue weighted by Crippen LogP contribution is 2.26. The summed E-state index contributed by atoms with van der Waals surface area (Å²) in [6.07, 6.45) is 1.76. The van der Waals surface area contributed by atoms with E-state index in [0.29, 0.717) is 0 Å². The van der Waals surface area contributed by atoms with E-state index in [0.717, 1.165) is 32.6 Å². The Morgan fingerprint density at radius 2 is 2.06 bits per heavy atom. The Hall–Kier alpha value is -1.68. The molecule has 0 radical (unpaired) electrons. The van der Waals surface area contributed by atoms with Gasteiger partial charge in [0.05, 0.1) is 11.0 Å². The van der Waals surface area contributed by atoms with Crippen LogP contribution in [-0.4, -0.2) is 15.0 Å². The first-order valence-corrected chi connectivity index (χ1v) is 6.11. The van der Waals surface area contributed by atoms with Crippen LogP contribution in [0.2, 0.25) is 0 Å². The zero-order chi connectivity index (χ0) is 11.8. The minimum atomic E-state index is 0.793. The number of hydrogen-bond donors (Lipinski definition) is 1. The number of nitrogens with zero attached hydrogens (tertiary/aromatic N) is 2. The van der Waals surface area contributed by atoms with Crippen LogP contribution in [0.15, 0.2) is 41.0 Å². The van der Waals surface area contributed by atoms with Gasteiger partial charge in [0.2, 0.25) is 0 Å². The molecule has 0 spiro atoms. The largest absolute Gasteiger partial charge is 0.337 e. The number of H-pyrrole nitrogens is 1. The van der Waals surface area contributed by atoms with Gasteiger partial charge in [-0.05, 0) is 46.6 Å². The van der Waals surface area contributed by atoms with Crippen LogP contribution in [0.5, 0.6) is 0 Å². The molecule has 0 saturated heterocycles. The van der Waals surface area contributed by atoms with Crippen LogP contribution in [0.4, 0.5) is 0 Å². The van der Waals surface area contributed by atoms with Gasteiger partial charge < -0.3 is 4.98 Å². The maximum absolute atomic E-state index is 4.60. The molecule has 2 heterocycles. The summed E-state index contributed by atoms with van der Waals surface area (Å²) in [4.78, 5) is 12.2. The van der Waals surface area contributed by atoms with Gasteiger partial charge in [-0.25, -0.2) is 4.98 Å². The van der Waals surface area contributed by atoms with Crippen LogP contribution in [0, 0.1) is 6.92 Å². The fourth-order valence-corrected chi connectivity index (χ4v) is 2.29. The fraction of sp³-hybridized carbons (Fsp3) is 0.0769. The average Bonchev–Trinajstić information content (AvgIpc) is 2.75. The maximum atomic E-state index is 4.60. The van der Waals surface area contributed by atoms with Crippen molar-refractivity contribution in [3.8, 4) is 11.5 Å². The number of aryl methyl sites for hydroxylation is 1. The van der Waals surface area contributed by atoms with Crippen LogP contribution in [0.3, 0.4) is 0 Å². The number of aromatic nitrogens is 3. The second kappa shape index (κ2) is 3.96. The molecule has 0 aliphatic carbocycles. The van der Waals surface area contributed by atoms with Gasteiger partial charge in [0.15, 0.2) is 5.82 Å². The number of hydrogen-bond acceptors (Lipinski definition) is 2. The maximum Gasteiger partial charge on any atom is 0.158 e. The third-order valence-electron chi connectivity index (χ3n) is 2.70. The number of nitrogens with one attached hydrogen (secondary N) is 1. The van der Waals surface area contributed by atoms with Crippen molar-refractivity contribution >= 4 is 27.0 Å². The van der Waals surface area contributed by atoms with Crippen LogP contribution in [0.1, 0.15) is 5.56 Å². The molecule has 0 fully saturated rings. The number of aromatic amines is 1. The molecule has 0 amide bonds. The van der Waals surface area contributed by atoms with E-state index >= 15 is 0 Å². The number of pyridine rings is 1. The number of rotatable bonds is 1. The summed E-state index contributed by atoms with van der Waals surface area (Å²) in [6.45, 7) is 2.06. The summed E-state index contributed by atoms with van der Waals surface area (Å²) >= 11 is 3.49. The molecule has 3 nitrogen and oxygen atoms in total. The van der Waals surface area contributed by atoms with E-state index < -0.39 is 0 Å². The SMILES string of the molecule is Cc1cccc2[nH]c(-c3ncccc3Br)nc12. The van der Waals surface area contributed by atoms with Crippen molar-refractivity contribution in [3.05, 3.63) is 46.6 Å². The van der Waals surface area contributed by atoms with Crippen molar-refractivity contribution in [2.75, 3.05) is 0 Å². The molecule has 84 valence electrons. The van der Waals surface area contributed by atoms with Crippen LogP contribution < -0.4 is 0 Å². The van der Waals surface area contributed by atoms with Gasteiger partial charge in [0.25, 0.3) is 0 Å². The Labute approximate surface area is 107 Å². The predicted molar refractivity (Wildman–Crippen MR) is 71.8 cm³/mol. The first kappa shape index (κ1) is 10.5. The molecule has 17 heavy (non-hydrogen) atoms. The highest BCUT2D eigenvalue weighted by molar-refractivity contribution is 9.10. The lowest BCUT2D eigenvalue weighted by atomic mass is 10.2. The number of fused-ring (bicyclic) bond motifs is 1. The minimum absolute atomic E-state index is 0.793. The highest BCUT2D eigenvalue weighted by atomic mass is 79.9. The van der Waals surface area contributed by atoms with E-state index in [1.807, 2.05) is 24.3 Å². The zero-order valence-electron chi connectivity index (χ0n) is 9.24. The monoisotopic (exact) mass is 287 g/mol. The Kier molecular flexibility index (Phi) is 2.44. The first-order chi connectivity index (χ1) is 8.25.